The van der Waals surface area contributed by atoms with Crippen LogP contribution in [0.5, 0.6) is 0 Å². The zero-order valence-corrected chi connectivity index (χ0v) is 16.9. The van der Waals surface area contributed by atoms with Gasteiger partial charge in [-0.3, -0.25) is 4.79 Å². The second-order valence-electron chi connectivity index (χ2n) is 6.32. The van der Waals surface area contributed by atoms with E-state index < -0.39 is 10.0 Å². The first kappa shape index (κ1) is 21.1. The van der Waals surface area contributed by atoms with Crippen LogP contribution in [0.3, 0.4) is 0 Å². The summed E-state index contributed by atoms with van der Waals surface area (Å²) in [6.45, 7) is 3.61. The Labute approximate surface area is 176 Å². The number of benzene rings is 3. The fourth-order valence-corrected chi connectivity index (χ4v) is 3.58. The summed E-state index contributed by atoms with van der Waals surface area (Å²) in [5, 5.41) is 2.80. The number of amides is 1. The summed E-state index contributed by atoms with van der Waals surface area (Å²) < 4.78 is 26.6. The van der Waals surface area contributed by atoms with Gasteiger partial charge in [0.1, 0.15) is 0 Å². The molecule has 6 heteroatoms. The Bertz CT molecular complexity index is 1210. The quantitative estimate of drug-likeness (QED) is 0.474. The van der Waals surface area contributed by atoms with Crippen molar-refractivity contribution in [3.63, 3.8) is 0 Å². The summed E-state index contributed by atoms with van der Waals surface area (Å²) in [5.74, 6) is 5.81. The molecule has 0 radical (unpaired) electrons. The Balaban J connectivity index is 1.70. The van der Waals surface area contributed by atoms with E-state index in [1.54, 1.807) is 12.1 Å². The van der Waals surface area contributed by atoms with Gasteiger partial charge in [-0.1, -0.05) is 42.2 Å². The van der Waals surface area contributed by atoms with E-state index in [9.17, 15) is 13.2 Å². The molecule has 0 bridgehead atoms. The van der Waals surface area contributed by atoms with E-state index in [0.717, 1.165) is 11.1 Å². The maximum absolute atomic E-state index is 12.5. The second-order valence-corrected chi connectivity index (χ2v) is 8.08. The fraction of sp³-hybridized carbons (Fsp3) is 0.0417. The molecule has 150 valence electrons. The van der Waals surface area contributed by atoms with Crippen molar-refractivity contribution in [3.8, 4) is 11.8 Å². The summed E-state index contributed by atoms with van der Waals surface area (Å²) >= 11 is 0. The van der Waals surface area contributed by atoms with Gasteiger partial charge in [0.25, 0.3) is 5.91 Å². The summed E-state index contributed by atoms with van der Waals surface area (Å²) in [6, 6.07) is 22.6. The number of hydrogen-bond donors (Lipinski definition) is 2. The Morgan fingerprint density at radius 3 is 2.27 bits per heavy atom. The molecule has 0 aliphatic heterocycles. The van der Waals surface area contributed by atoms with Crippen LogP contribution in [0.15, 0.2) is 96.4 Å². The Morgan fingerprint density at radius 2 is 1.57 bits per heavy atom. The summed E-state index contributed by atoms with van der Waals surface area (Å²) in [6.07, 6.45) is 1.46. The Kier molecular flexibility index (Phi) is 6.81. The molecule has 2 N–H and O–H groups in total. The number of sulfonamides is 1. The zero-order valence-electron chi connectivity index (χ0n) is 16.1. The van der Waals surface area contributed by atoms with E-state index in [2.05, 4.69) is 28.5 Å². The van der Waals surface area contributed by atoms with Crippen LogP contribution in [0.25, 0.3) is 0 Å². The third-order valence-corrected chi connectivity index (χ3v) is 5.53. The van der Waals surface area contributed by atoms with Gasteiger partial charge in [-0.15, -0.1) is 6.58 Å². The molecule has 0 aliphatic carbocycles. The van der Waals surface area contributed by atoms with Gasteiger partial charge < -0.3 is 5.32 Å². The van der Waals surface area contributed by atoms with Crippen LogP contribution in [-0.4, -0.2) is 20.9 Å². The third-order valence-electron chi connectivity index (χ3n) is 4.09. The van der Waals surface area contributed by atoms with Crippen LogP contribution in [0.4, 0.5) is 5.69 Å². The first-order valence-electron chi connectivity index (χ1n) is 9.17. The lowest BCUT2D eigenvalue weighted by Crippen LogP contribution is -2.23. The molecule has 30 heavy (non-hydrogen) atoms. The molecular formula is C24H20N2O3S. The van der Waals surface area contributed by atoms with Gasteiger partial charge in [0.15, 0.2) is 0 Å². The van der Waals surface area contributed by atoms with Crippen molar-refractivity contribution in [2.75, 3.05) is 11.9 Å². The lowest BCUT2D eigenvalue weighted by molar-refractivity contribution is 0.102. The fourth-order valence-electron chi connectivity index (χ4n) is 2.58. The lowest BCUT2D eigenvalue weighted by Gasteiger charge is -2.08. The highest BCUT2D eigenvalue weighted by molar-refractivity contribution is 7.89. The average Bonchev–Trinajstić information content (AvgIpc) is 2.77. The Morgan fingerprint density at radius 1 is 0.900 bits per heavy atom. The van der Waals surface area contributed by atoms with Crippen molar-refractivity contribution in [2.24, 2.45) is 0 Å². The first-order chi connectivity index (χ1) is 14.5. The van der Waals surface area contributed by atoms with Crippen molar-refractivity contribution in [2.45, 2.75) is 4.90 Å². The molecule has 3 aromatic rings. The molecule has 0 saturated carbocycles. The molecule has 0 saturated heterocycles. The molecule has 0 atom stereocenters. The van der Waals surface area contributed by atoms with Gasteiger partial charge >= 0.3 is 0 Å². The predicted molar refractivity (Wildman–Crippen MR) is 119 cm³/mol. The first-order valence-corrected chi connectivity index (χ1v) is 10.7. The van der Waals surface area contributed by atoms with E-state index in [0.29, 0.717) is 11.3 Å². The minimum atomic E-state index is -3.63. The number of carbonyl (C=O) groups is 1. The largest absolute Gasteiger partial charge is 0.322 e. The van der Waals surface area contributed by atoms with Crippen molar-refractivity contribution in [3.05, 3.63) is 108 Å². The standard InChI is InChI=1S/C24H20N2O3S/c1-2-17-25-30(28,29)23-15-13-21(14-16-23)24(27)26-22-10-6-9-20(18-22)12-11-19-7-4-3-5-8-19/h2-10,13-16,18,25H,1,17H2,(H,26,27). The van der Waals surface area contributed by atoms with E-state index in [1.807, 2.05) is 42.5 Å². The monoisotopic (exact) mass is 416 g/mol. The molecule has 3 rings (SSSR count). The average molecular weight is 417 g/mol. The van der Waals surface area contributed by atoms with Crippen molar-refractivity contribution < 1.29 is 13.2 Å². The molecule has 0 unspecified atom stereocenters. The number of nitrogens with one attached hydrogen (secondary N) is 2. The van der Waals surface area contributed by atoms with Gasteiger partial charge in [-0.2, -0.15) is 0 Å². The molecule has 3 aromatic carbocycles. The summed E-state index contributed by atoms with van der Waals surface area (Å²) in [4.78, 5) is 12.6. The number of hydrogen-bond acceptors (Lipinski definition) is 3. The van der Waals surface area contributed by atoms with E-state index >= 15 is 0 Å². The topological polar surface area (TPSA) is 75.3 Å². The van der Waals surface area contributed by atoms with Gasteiger partial charge in [-0.25, -0.2) is 13.1 Å². The van der Waals surface area contributed by atoms with Crippen LogP contribution < -0.4 is 10.0 Å². The summed E-state index contributed by atoms with van der Waals surface area (Å²) in [7, 11) is -3.63. The SMILES string of the molecule is C=CCNS(=O)(=O)c1ccc(C(=O)Nc2cccc(C#Cc3ccccc3)c2)cc1. The molecule has 0 aliphatic rings. The molecule has 5 nitrogen and oxygen atoms in total. The normalized spacial score (nSPS) is 10.5. The van der Waals surface area contributed by atoms with Crippen LogP contribution in [0, 0.1) is 11.8 Å². The minimum absolute atomic E-state index is 0.0825. The van der Waals surface area contributed by atoms with Crippen molar-refractivity contribution >= 4 is 21.6 Å². The van der Waals surface area contributed by atoms with Crippen LogP contribution in [0.2, 0.25) is 0 Å². The summed E-state index contributed by atoms with van der Waals surface area (Å²) in [5.41, 5.74) is 2.62. The maximum Gasteiger partial charge on any atom is 0.255 e. The van der Waals surface area contributed by atoms with Crippen LogP contribution in [0.1, 0.15) is 21.5 Å². The van der Waals surface area contributed by atoms with Gasteiger partial charge in [0.05, 0.1) is 4.90 Å². The van der Waals surface area contributed by atoms with Gasteiger partial charge in [-0.05, 0) is 54.6 Å². The van der Waals surface area contributed by atoms with Gasteiger partial charge in [0, 0.05) is 28.9 Å². The molecule has 0 spiro atoms. The third kappa shape index (κ3) is 5.67. The Hall–Kier alpha value is -3.66. The van der Waals surface area contributed by atoms with E-state index in [-0.39, 0.29) is 17.3 Å². The predicted octanol–water partition coefficient (Wildman–Crippen LogP) is 3.80. The maximum atomic E-state index is 12.5. The molecule has 1 amide bonds. The van der Waals surface area contributed by atoms with Crippen LogP contribution in [-0.2, 0) is 10.0 Å². The molecule has 0 fully saturated rings. The van der Waals surface area contributed by atoms with E-state index in [4.69, 9.17) is 0 Å². The lowest BCUT2D eigenvalue weighted by atomic mass is 10.1. The van der Waals surface area contributed by atoms with Crippen molar-refractivity contribution in [1.82, 2.24) is 4.72 Å². The van der Waals surface area contributed by atoms with E-state index in [1.165, 1.54) is 30.3 Å². The highest BCUT2D eigenvalue weighted by atomic mass is 32.2. The smallest absolute Gasteiger partial charge is 0.255 e. The second kappa shape index (κ2) is 9.70. The number of rotatable bonds is 6. The van der Waals surface area contributed by atoms with Gasteiger partial charge in [0.2, 0.25) is 10.0 Å². The number of anilines is 1. The molecular weight excluding hydrogens is 396 g/mol. The zero-order chi connectivity index (χ0) is 21.4. The highest BCUT2D eigenvalue weighted by Crippen LogP contribution is 2.14. The van der Waals surface area contributed by atoms with Crippen LogP contribution >= 0.6 is 0 Å². The highest BCUT2D eigenvalue weighted by Gasteiger charge is 2.14. The molecule has 0 heterocycles. The number of carbonyl (C=O) groups excluding carboxylic acids is 1. The minimum Gasteiger partial charge on any atom is -0.322 e. The molecule has 0 aromatic heterocycles. The van der Waals surface area contributed by atoms with Crippen molar-refractivity contribution in [1.29, 1.82) is 0 Å².